The van der Waals surface area contributed by atoms with Crippen LogP contribution in [0.2, 0.25) is 0 Å². The maximum atomic E-state index is 12.7. The number of hydrogen-bond donors (Lipinski definition) is 1. The molecule has 0 saturated carbocycles. The Bertz CT molecular complexity index is 739. The zero-order chi connectivity index (χ0) is 19.2. The lowest BCUT2D eigenvalue weighted by atomic mass is 10.2. The van der Waals surface area contributed by atoms with Crippen LogP contribution in [0.1, 0.15) is 43.5 Å². The monoisotopic (exact) mass is 381 g/mol. The highest BCUT2D eigenvalue weighted by molar-refractivity contribution is 7.89. The van der Waals surface area contributed by atoms with Crippen LogP contribution >= 0.6 is 0 Å². The summed E-state index contributed by atoms with van der Waals surface area (Å²) in [4.78, 5) is 26.0. The van der Waals surface area contributed by atoms with Gasteiger partial charge in [-0.25, -0.2) is 8.42 Å². The average molecular weight is 381 g/mol. The number of sulfonamides is 1. The summed E-state index contributed by atoms with van der Waals surface area (Å²) in [6.45, 7) is 5.82. The number of amides is 2. The van der Waals surface area contributed by atoms with E-state index < -0.39 is 15.9 Å². The summed E-state index contributed by atoms with van der Waals surface area (Å²) in [7, 11) is -3.59. The second-order valence-electron chi connectivity index (χ2n) is 6.24. The summed E-state index contributed by atoms with van der Waals surface area (Å²) < 4.78 is 26.9. The fourth-order valence-corrected chi connectivity index (χ4v) is 4.56. The Morgan fingerprint density at radius 2 is 1.77 bits per heavy atom. The molecule has 0 atom stereocenters. The van der Waals surface area contributed by atoms with Crippen molar-refractivity contribution >= 4 is 21.8 Å². The van der Waals surface area contributed by atoms with Gasteiger partial charge in [-0.05, 0) is 44.9 Å². The maximum absolute atomic E-state index is 12.7. The summed E-state index contributed by atoms with van der Waals surface area (Å²) in [5.74, 6) is -0.623. The van der Waals surface area contributed by atoms with Gasteiger partial charge < -0.3 is 10.2 Å². The highest BCUT2D eigenvalue weighted by atomic mass is 32.2. The van der Waals surface area contributed by atoms with Crippen LogP contribution in [-0.4, -0.2) is 62.2 Å². The standard InChI is InChI=1S/C18H27N3O4S/c1-3-20(4-2)17(22)14-19-18(23)15-9-8-10-16(13-15)26(24,25)21-11-6-5-7-12-21/h8-10,13H,3-7,11-12,14H2,1-2H3,(H,19,23). The number of benzene rings is 1. The smallest absolute Gasteiger partial charge is 0.251 e. The van der Waals surface area contributed by atoms with Gasteiger partial charge in [0, 0.05) is 31.7 Å². The van der Waals surface area contributed by atoms with Gasteiger partial charge in [0.2, 0.25) is 15.9 Å². The Labute approximate surface area is 155 Å². The summed E-state index contributed by atoms with van der Waals surface area (Å²) in [5, 5.41) is 2.57. The van der Waals surface area contributed by atoms with Crippen LogP contribution in [0.15, 0.2) is 29.2 Å². The fraction of sp³-hybridized carbons (Fsp3) is 0.556. The minimum atomic E-state index is -3.59. The maximum Gasteiger partial charge on any atom is 0.251 e. The van der Waals surface area contributed by atoms with Gasteiger partial charge >= 0.3 is 0 Å². The summed E-state index contributed by atoms with van der Waals surface area (Å²) in [5.41, 5.74) is 0.232. The molecule has 1 fully saturated rings. The summed E-state index contributed by atoms with van der Waals surface area (Å²) in [6, 6.07) is 5.98. The molecule has 7 nitrogen and oxygen atoms in total. The summed E-state index contributed by atoms with van der Waals surface area (Å²) >= 11 is 0. The molecule has 1 saturated heterocycles. The van der Waals surface area contributed by atoms with Crippen molar-refractivity contribution in [2.75, 3.05) is 32.7 Å². The minimum Gasteiger partial charge on any atom is -0.343 e. The molecule has 0 aliphatic carbocycles. The third kappa shape index (κ3) is 4.82. The van der Waals surface area contributed by atoms with Crippen molar-refractivity contribution in [2.24, 2.45) is 0 Å². The van der Waals surface area contributed by atoms with Crippen LogP contribution in [0.25, 0.3) is 0 Å². The Morgan fingerprint density at radius 3 is 2.38 bits per heavy atom. The van der Waals surface area contributed by atoms with E-state index in [0.717, 1.165) is 19.3 Å². The zero-order valence-electron chi connectivity index (χ0n) is 15.4. The van der Waals surface area contributed by atoms with Crippen LogP contribution in [0.3, 0.4) is 0 Å². The van der Waals surface area contributed by atoms with Gasteiger partial charge in [0.1, 0.15) is 0 Å². The van der Waals surface area contributed by atoms with E-state index in [2.05, 4.69) is 5.32 Å². The predicted octanol–water partition coefficient (Wildman–Crippen LogP) is 1.46. The molecule has 2 amide bonds. The molecule has 0 bridgehead atoms. The molecule has 0 aromatic heterocycles. The Balaban J connectivity index is 2.08. The molecule has 1 aliphatic rings. The van der Waals surface area contributed by atoms with E-state index in [1.165, 1.54) is 16.4 Å². The number of hydrogen-bond acceptors (Lipinski definition) is 4. The van der Waals surface area contributed by atoms with E-state index in [9.17, 15) is 18.0 Å². The molecule has 1 heterocycles. The van der Waals surface area contributed by atoms with Crippen molar-refractivity contribution in [1.82, 2.24) is 14.5 Å². The third-order valence-electron chi connectivity index (χ3n) is 4.57. The van der Waals surface area contributed by atoms with Gasteiger partial charge in [-0.3, -0.25) is 9.59 Å². The second-order valence-corrected chi connectivity index (χ2v) is 8.18. The highest BCUT2D eigenvalue weighted by Crippen LogP contribution is 2.21. The van der Waals surface area contributed by atoms with Crippen molar-refractivity contribution in [2.45, 2.75) is 38.0 Å². The molecule has 8 heteroatoms. The Hall–Kier alpha value is -1.93. The molecular weight excluding hydrogens is 354 g/mol. The molecule has 144 valence electrons. The van der Waals surface area contributed by atoms with Gasteiger partial charge in [0.05, 0.1) is 11.4 Å². The molecule has 1 aromatic rings. The van der Waals surface area contributed by atoms with Crippen LogP contribution in [0.5, 0.6) is 0 Å². The lowest BCUT2D eigenvalue weighted by Crippen LogP contribution is -2.40. The number of nitrogens with zero attached hydrogens (tertiary/aromatic N) is 2. The van der Waals surface area contributed by atoms with E-state index in [1.54, 1.807) is 17.0 Å². The van der Waals surface area contributed by atoms with Crippen molar-refractivity contribution in [3.63, 3.8) is 0 Å². The molecular formula is C18H27N3O4S. The minimum absolute atomic E-state index is 0.108. The fourth-order valence-electron chi connectivity index (χ4n) is 3.00. The second kappa shape index (κ2) is 9.14. The highest BCUT2D eigenvalue weighted by Gasteiger charge is 2.26. The topological polar surface area (TPSA) is 86.8 Å². The van der Waals surface area contributed by atoms with Crippen LogP contribution in [-0.2, 0) is 14.8 Å². The summed E-state index contributed by atoms with van der Waals surface area (Å²) in [6.07, 6.45) is 2.74. The largest absolute Gasteiger partial charge is 0.343 e. The first-order valence-corrected chi connectivity index (χ1v) is 10.5. The van der Waals surface area contributed by atoms with Gasteiger partial charge in [-0.1, -0.05) is 12.5 Å². The van der Waals surface area contributed by atoms with Gasteiger partial charge in [-0.15, -0.1) is 0 Å². The number of carbonyl (C=O) groups excluding carboxylic acids is 2. The predicted molar refractivity (Wildman–Crippen MR) is 99.3 cm³/mol. The van der Waals surface area contributed by atoms with Crippen molar-refractivity contribution in [3.05, 3.63) is 29.8 Å². The first kappa shape index (κ1) is 20.4. The molecule has 1 N–H and O–H groups in total. The van der Waals surface area contributed by atoms with Crippen LogP contribution in [0, 0.1) is 0 Å². The number of nitrogens with one attached hydrogen (secondary N) is 1. The molecule has 2 rings (SSSR count). The zero-order valence-corrected chi connectivity index (χ0v) is 16.2. The van der Waals surface area contributed by atoms with E-state index >= 15 is 0 Å². The van der Waals surface area contributed by atoms with Gasteiger partial charge in [0.15, 0.2) is 0 Å². The molecule has 0 radical (unpaired) electrons. The van der Waals surface area contributed by atoms with Crippen LogP contribution in [0.4, 0.5) is 0 Å². The lowest BCUT2D eigenvalue weighted by molar-refractivity contribution is -0.129. The number of rotatable bonds is 7. The lowest BCUT2D eigenvalue weighted by Gasteiger charge is -2.26. The first-order valence-electron chi connectivity index (χ1n) is 9.06. The molecule has 0 unspecified atom stereocenters. The molecule has 0 spiro atoms. The third-order valence-corrected chi connectivity index (χ3v) is 6.46. The van der Waals surface area contributed by atoms with Crippen molar-refractivity contribution < 1.29 is 18.0 Å². The Kier molecular flexibility index (Phi) is 7.16. The van der Waals surface area contributed by atoms with E-state index in [4.69, 9.17) is 0 Å². The van der Waals surface area contributed by atoms with Crippen LogP contribution < -0.4 is 5.32 Å². The molecule has 1 aliphatic heterocycles. The van der Waals surface area contributed by atoms with Gasteiger partial charge in [0.25, 0.3) is 5.91 Å². The van der Waals surface area contributed by atoms with Crippen molar-refractivity contribution in [1.29, 1.82) is 0 Å². The van der Waals surface area contributed by atoms with E-state index in [1.807, 2.05) is 13.8 Å². The molecule has 26 heavy (non-hydrogen) atoms. The quantitative estimate of drug-likeness (QED) is 0.775. The number of piperidine rings is 1. The SMILES string of the molecule is CCN(CC)C(=O)CNC(=O)c1cccc(S(=O)(=O)N2CCCCC2)c1. The normalized spacial score (nSPS) is 15.5. The average Bonchev–Trinajstić information content (AvgIpc) is 2.67. The number of likely N-dealkylation sites (N-methyl/N-ethyl adjacent to an activating group) is 1. The van der Waals surface area contributed by atoms with Gasteiger partial charge in [-0.2, -0.15) is 4.31 Å². The number of carbonyl (C=O) groups is 2. The molecule has 1 aromatic carbocycles. The van der Waals surface area contributed by atoms with E-state index in [-0.39, 0.29) is 22.9 Å². The Morgan fingerprint density at radius 1 is 1.12 bits per heavy atom. The van der Waals surface area contributed by atoms with E-state index in [0.29, 0.717) is 26.2 Å². The van der Waals surface area contributed by atoms with Crippen molar-refractivity contribution in [3.8, 4) is 0 Å². The first-order chi connectivity index (χ1) is 12.4.